The Balaban J connectivity index is 2.53. The number of ether oxygens (including phenoxy) is 1. The van der Waals surface area contributed by atoms with E-state index in [1.807, 2.05) is 25.1 Å². The number of methoxy groups -OCH3 is 1. The van der Waals surface area contributed by atoms with Crippen LogP contribution in [-0.2, 0) is 11.3 Å². The summed E-state index contributed by atoms with van der Waals surface area (Å²) in [6.45, 7) is 3.61. The second-order valence-corrected chi connectivity index (χ2v) is 4.88. The van der Waals surface area contributed by atoms with Gasteiger partial charge < -0.3 is 15.0 Å². The second-order valence-electron chi connectivity index (χ2n) is 3.97. The lowest BCUT2D eigenvalue weighted by Gasteiger charge is -2.15. The molecule has 1 aromatic carbocycles. The number of carbonyl (C=O) groups excluding carboxylic acids is 1. The van der Waals surface area contributed by atoms with Crippen LogP contribution in [0.3, 0.4) is 0 Å². The second kappa shape index (κ2) is 7.38. The molecule has 0 aliphatic heterocycles. The molecular formula is C13H19BrN2O2. The van der Waals surface area contributed by atoms with Crippen molar-refractivity contribution in [1.82, 2.24) is 10.2 Å². The molecule has 1 N–H and O–H groups in total. The highest BCUT2D eigenvalue weighted by molar-refractivity contribution is 9.10. The van der Waals surface area contributed by atoms with Gasteiger partial charge in [-0.25, -0.2) is 0 Å². The van der Waals surface area contributed by atoms with Gasteiger partial charge >= 0.3 is 0 Å². The van der Waals surface area contributed by atoms with Crippen LogP contribution in [0.5, 0.6) is 5.75 Å². The molecule has 0 radical (unpaired) electrons. The highest BCUT2D eigenvalue weighted by Gasteiger charge is 2.07. The molecule has 0 atom stereocenters. The van der Waals surface area contributed by atoms with Crippen LogP contribution in [0.2, 0.25) is 0 Å². The molecule has 0 saturated heterocycles. The Kier molecular flexibility index (Phi) is 6.15. The van der Waals surface area contributed by atoms with Crippen LogP contribution < -0.4 is 10.1 Å². The Morgan fingerprint density at radius 2 is 2.22 bits per heavy atom. The Bertz CT molecular complexity index is 410. The summed E-state index contributed by atoms with van der Waals surface area (Å²) >= 11 is 3.42. The lowest BCUT2D eigenvalue weighted by molar-refractivity contribution is -0.128. The zero-order valence-electron chi connectivity index (χ0n) is 11.0. The molecule has 1 amide bonds. The maximum absolute atomic E-state index is 11.6. The molecule has 0 aromatic heterocycles. The fourth-order valence-corrected chi connectivity index (χ4v) is 1.91. The van der Waals surface area contributed by atoms with Crippen molar-refractivity contribution < 1.29 is 9.53 Å². The van der Waals surface area contributed by atoms with E-state index in [2.05, 4.69) is 21.2 Å². The van der Waals surface area contributed by atoms with Gasteiger partial charge in [0.25, 0.3) is 0 Å². The number of nitrogens with zero attached hydrogens (tertiary/aromatic N) is 1. The fourth-order valence-electron chi connectivity index (χ4n) is 1.50. The molecule has 18 heavy (non-hydrogen) atoms. The first kappa shape index (κ1) is 15.0. The first-order valence-electron chi connectivity index (χ1n) is 5.85. The number of likely N-dealkylation sites (N-methyl/N-ethyl adjacent to an activating group) is 1. The van der Waals surface area contributed by atoms with E-state index in [1.165, 1.54) is 0 Å². The van der Waals surface area contributed by atoms with E-state index in [4.69, 9.17) is 4.74 Å². The molecule has 0 aliphatic rings. The number of benzene rings is 1. The third kappa shape index (κ3) is 4.31. The summed E-state index contributed by atoms with van der Waals surface area (Å²) in [6, 6.07) is 5.82. The number of amides is 1. The SMILES string of the molecule is CCN(C)C(=O)CNCc1cc(Br)ccc1OC. The van der Waals surface area contributed by atoms with Crippen molar-refractivity contribution in [1.29, 1.82) is 0 Å². The van der Waals surface area contributed by atoms with Crippen LogP contribution in [-0.4, -0.2) is 38.1 Å². The van der Waals surface area contributed by atoms with Crippen LogP contribution in [0.25, 0.3) is 0 Å². The van der Waals surface area contributed by atoms with Crippen LogP contribution in [0.15, 0.2) is 22.7 Å². The van der Waals surface area contributed by atoms with Crippen molar-refractivity contribution in [3.8, 4) is 5.75 Å². The molecule has 0 heterocycles. The molecule has 0 unspecified atom stereocenters. The number of hydrogen-bond donors (Lipinski definition) is 1. The minimum Gasteiger partial charge on any atom is -0.496 e. The maximum atomic E-state index is 11.6. The van der Waals surface area contributed by atoms with Gasteiger partial charge in [0.2, 0.25) is 5.91 Å². The quantitative estimate of drug-likeness (QED) is 0.873. The lowest BCUT2D eigenvalue weighted by Crippen LogP contribution is -2.35. The largest absolute Gasteiger partial charge is 0.496 e. The average Bonchev–Trinajstić information content (AvgIpc) is 2.38. The van der Waals surface area contributed by atoms with Gasteiger partial charge in [-0.15, -0.1) is 0 Å². The standard InChI is InChI=1S/C13H19BrN2O2/c1-4-16(2)13(17)9-15-8-10-7-11(14)5-6-12(10)18-3/h5-7,15H,4,8-9H2,1-3H3. The van der Waals surface area contributed by atoms with Gasteiger partial charge in [-0.05, 0) is 25.1 Å². The number of rotatable bonds is 6. The predicted octanol–water partition coefficient (Wildman–Crippen LogP) is 2.03. The zero-order valence-corrected chi connectivity index (χ0v) is 12.6. The van der Waals surface area contributed by atoms with E-state index in [-0.39, 0.29) is 5.91 Å². The van der Waals surface area contributed by atoms with E-state index in [9.17, 15) is 4.79 Å². The minimum absolute atomic E-state index is 0.0893. The third-order valence-electron chi connectivity index (χ3n) is 2.73. The van der Waals surface area contributed by atoms with Crippen LogP contribution in [0.1, 0.15) is 12.5 Å². The summed E-state index contributed by atoms with van der Waals surface area (Å²) in [5.74, 6) is 0.911. The highest BCUT2D eigenvalue weighted by atomic mass is 79.9. The fraction of sp³-hybridized carbons (Fsp3) is 0.462. The van der Waals surface area contributed by atoms with E-state index in [1.54, 1.807) is 19.1 Å². The number of carbonyl (C=O) groups is 1. The van der Waals surface area contributed by atoms with Crippen molar-refractivity contribution in [3.05, 3.63) is 28.2 Å². The molecule has 0 fully saturated rings. The van der Waals surface area contributed by atoms with Gasteiger partial charge in [-0.2, -0.15) is 0 Å². The first-order valence-corrected chi connectivity index (χ1v) is 6.64. The van der Waals surface area contributed by atoms with Crippen LogP contribution >= 0.6 is 15.9 Å². The minimum atomic E-state index is 0.0893. The Hall–Kier alpha value is -1.07. The lowest BCUT2D eigenvalue weighted by atomic mass is 10.2. The first-order chi connectivity index (χ1) is 8.58. The third-order valence-corrected chi connectivity index (χ3v) is 3.23. The van der Waals surface area contributed by atoms with E-state index < -0.39 is 0 Å². The van der Waals surface area contributed by atoms with Crippen molar-refractivity contribution in [2.24, 2.45) is 0 Å². The van der Waals surface area contributed by atoms with E-state index in [0.29, 0.717) is 13.1 Å². The van der Waals surface area contributed by atoms with Crippen molar-refractivity contribution >= 4 is 21.8 Å². The summed E-state index contributed by atoms with van der Waals surface area (Å²) in [6.07, 6.45) is 0. The average molecular weight is 315 g/mol. The number of nitrogens with one attached hydrogen (secondary N) is 1. The molecular weight excluding hydrogens is 296 g/mol. The molecule has 0 saturated carbocycles. The summed E-state index contributed by atoms with van der Waals surface area (Å²) in [4.78, 5) is 13.3. The van der Waals surface area contributed by atoms with Gasteiger partial charge in [-0.1, -0.05) is 15.9 Å². The summed E-state index contributed by atoms with van der Waals surface area (Å²) in [7, 11) is 3.44. The van der Waals surface area contributed by atoms with E-state index in [0.717, 1.165) is 22.3 Å². The maximum Gasteiger partial charge on any atom is 0.236 e. The van der Waals surface area contributed by atoms with Crippen LogP contribution in [0.4, 0.5) is 0 Å². The van der Waals surface area contributed by atoms with Crippen molar-refractivity contribution in [2.45, 2.75) is 13.5 Å². The Labute approximate surface area is 116 Å². The van der Waals surface area contributed by atoms with Crippen molar-refractivity contribution in [3.63, 3.8) is 0 Å². The molecule has 100 valence electrons. The summed E-state index contributed by atoms with van der Waals surface area (Å²) in [5.41, 5.74) is 1.03. The molecule has 0 aliphatic carbocycles. The normalized spacial score (nSPS) is 10.2. The molecule has 0 bridgehead atoms. The Morgan fingerprint density at radius 1 is 1.50 bits per heavy atom. The molecule has 0 spiro atoms. The molecule has 4 nitrogen and oxygen atoms in total. The zero-order chi connectivity index (χ0) is 13.5. The highest BCUT2D eigenvalue weighted by Crippen LogP contribution is 2.22. The predicted molar refractivity (Wildman–Crippen MR) is 75.7 cm³/mol. The number of hydrogen-bond acceptors (Lipinski definition) is 3. The van der Waals surface area contributed by atoms with Gasteiger partial charge in [0.1, 0.15) is 5.75 Å². The monoisotopic (exact) mass is 314 g/mol. The van der Waals surface area contributed by atoms with Crippen molar-refractivity contribution in [2.75, 3.05) is 27.2 Å². The van der Waals surface area contributed by atoms with E-state index >= 15 is 0 Å². The topological polar surface area (TPSA) is 41.6 Å². The number of halogens is 1. The molecule has 5 heteroatoms. The smallest absolute Gasteiger partial charge is 0.236 e. The Morgan fingerprint density at radius 3 is 2.83 bits per heavy atom. The molecule has 1 aromatic rings. The van der Waals surface area contributed by atoms with Gasteiger partial charge in [-0.3, -0.25) is 4.79 Å². The summed E-state index contributed by atoms with van der Waals surface area (Å²) in [5, 5.41) is 3.13. The summed E-state index contributed by atoms with van der Waals surface area (Å²) < 4.78 is 6.27. The van der Waals surface area contributed by atoms with Gasteiger partial charge in [0.15, 0.2) is 0 Å². The van der Waals surface area contributed by atoms with Crippen LogP contribution in [0, 0.1) is 0 Å². The van der Waals surface area contributed by atoms with Gasteiger partial charge in [0, 0.05) is 30.2 Å². The molecule has 1 rings (SSSR count). The van der Waals surface area contributed by atoms with Gasteiger partial charge in [0.05, 0.1) is 13.7 Å².